The number of amides is 1. The number of hydrogen-bond acceptors (Lipinski definition) is 5. The van der Waals surface area contributed by atoms with Gasteiger partial charge in [-0.1, -0.05) is 0 Å². The summed E-state index contributed by atoms with van der Waals surface area (Å²) in [5.74, 6) is -1.20. The van der Waals surface area contributed by atoms with Crippen LogP contribution in [-0.2, 0) is 14.8 Å². The molecule has 1 aliphatic rings. The highest BCUT2D eigenvalue weighted by Gasteiger charge is 2.30. The first-order valence-electron chi connectivity index (χ1n) is 8.46. The van der Waals surface area contributed by atoms with Crippen molar-refractivity contribution in [1.82, 2.24) is 9.62 Å². The number of carbonyl (C=O) groups excluding carboxylic acids is 1. The highest BCUT2D eigenvalue weighted by Crippen LogP contribution is 2.29. The fraction of sp³-hybridized carbons (Fsp3) is 0.529. The SMILES string of the molecule is COc1ccc(C(=O)NC(C)CCC(=O)O)cc1S(=O)(=O)N1CCCC1. The molecule has 1 amide bonds. The van der Waals surface area contributed by atoms with E-state index in [1.54, 1.807) is 6.92 Å². The molecule has 1 atom stereocenters. The van der Waals surface area contributed by atoms with Gasteiger partial charge < -0.3 is 15.2 Å². The quantitative estimate of drug-likeness (QED) is 0.702. The minimum Gasteiger partial charge on any atom is -0.495 e. The first-order chi connectivity index (χ1) is 12.3. The van der Waals surface area contributed by atoms with E-state index in [0.29, 0.717) is 13.1 Å². The van der Waals surface area contributed by atoms with Gasteiger partial charge in [0.25, 0.3) is 5.91 Å². The lowest BCUT2D eigenvalue weighted by Crippen LogP contribution is -2.33. The van der Waals surface area contributed by atoms with Gasteiger partial charge in [-0.05, 0) is 44.4 Å². The summed E-state index contributed by atoms with van der Waals surface area (Å²) in [6.07, 6.45) is 1.85. The van der Waals surface area contributed by atoms with Gasteiger partial charge in [-0.15, -0.1) is 0 Å². The van der Waals surface area contributed by atoms with E-state index in [4.69, 9.17) is 9.84 Å². The fourth-order valence-corrected chi connectivity index (χ4v) is 4.50. The van der Waals surface area contributed by atoms with E-state index in [1.807, 2.05) is 0 Å². The van der Waals surface area contributed by atoms with Crippen LogP contribution in [0.25, 0.3) is 0 Å². The molecule has 1 aliphatic heterocycles. The Labute approximate surface area is 153 Å². The topological polar surface area (TPSA) is 113 Å². The summed E-state index contributed by atoms with van der Waals surface area (Å²) in [6, 6.07) is 3.91. The summed E-state index contributed by atoms with van der Waals surface area (Å²) in [4.78, 5) is 23.0. The van der Waals surface area contributed by atoms with Crippen LogP contribution in [-0.4, -0.2) is 55.9 Å². The third-order valence-corrected chi connectivity index (χ3v) is 6.20. The molecule has 0 saturated carbocycles. The Balaban J connectivity index is 2.23. The summed E-state index contributed by atoms with van der Waals surface area (Å²) >= 11 is 0. The molecule has 8 nitrogen and oxygen atoms in total. The van der Waals surface area contributed by atoms with Crippen molar-refractivity contribution >= 4 is 21.9 Å². The van der Waals surface area contributed by atoms with Crippen LogP contribution in [0.4, 0.5) is 0 Å². The van der Waals surface area contributed by atoms with Crippen molar-refractivity contribution < 1.29 is 27.9 Å². The number of rotatable bonds is 8. The average Bonchev–Trinajstić information content (AvgIpc) is 3.14. The molecule has 2 rings (SSSR count). The molecular weight excluding hydrogens is 360 g/mol. The predicted molar refractivity (Wildman–Crippen MR) is 94.8 cm³/mol. The molecule has 1 saturated heterocycles. The van der Waals surface area contributed by atoms with Crippen LogP contribution in [0.3, 0.4) is 0 Å². The Bertz CT molecular complexity index is 771. The number of nitrogens with one attached hydrogen (secondary N) is 1. The number of carboxylic acids is 1. The number of carbonyl (C=O) groups is 2. The lowest BCUT2D eigenvalue weighted by molar-refractivity contribution is -0.137. The molecule has 26 heavy (non-hydrogen) atoms. The fourth-order valence-electron chi connectivity index (χ4n) is 2.81. The smallest absolute Gasteiger partial charge is 0.303 e. The molecular formula is C17H24N2O6S. The Hall–Kier alpha value is -2.13. The van der Waals surface area contributed by atoms with E-state index in [-0.39, 0.29) is 35.1 Å². The van der Waals surface area contributed by atoms with Gasteiger partial charge in [0.15, 0.2) is 0 Å². The molecule has 9 heteroatoms. The maximum atomic E-state index is 12.8. The summed E-state index contributed by atoms with van der Waals surface area (Å²) in [5.41, 5.74) is 0.186. The van der Waals surface area contributed by atoms with Gasteiger partial charge in [-0.2, -0.15) is 4.31 Å². The van der Waals surface area contributed by atoms with Crippen LogP contribution < -0.4 is 10.1 Å². The van der Waals surface area contributed by atoms with E-state index in [9.17, 15) is 18.0 Å². The van der Waals surface area contributed by atoms with E-state index in [2.05, 4.69) is 5.32 Å². The Morgan fingerprint density at radius 1 is 1.31 bits per heavy atom. The van der Waals surface area contributed by atoms with Crippen LogP contribution in [0, 0.1) is 0 Å². The zero-order chi connectivity index (χ0) is 19.3. The molecule has 1 unspecified atom stereocenters. The van der Waals surface area contributed by atoms with Crippen LogP contribution >= 0.6 is 0 Å². The minimum atomic E-state index is -3.74. The molecule has 0 bridgehead atoms. The maximum Gasteiger partial charge on any atom is 0.303 e. The van der Waals surface area contributed by atoms with Crippen LogP contribution in [0.2, 0.25) is 0 Å². The van der Waals surface area contributed by atoms with Crippen LogP contribution in [0.15, 0.2) is 23.1 Å². The number of carboxylic acid groups (broad SMARTS) is 1. The number of nitrogens with zero attached hydrogens (tertiary/aromatic N) is 1. The molecule has 0 aliphatic carbocycles. The Morgan fingerprint density at radius 2 is 1.96 bits per heavy atom. The number of sulfonamides is 1. The molecule has 1 aromatic rings. The number of hydrogen-bond donors (Lipinski definition) is 2. The molecule has 1 heterocycles. The molecule has 2 N–H and O–H groups in total. The van der Waals surface area contributed by atoms with Gasteiger partial charge in [0.2, 0.25) is 10.0 Å². The largest absolute Gasteiger partial charge is 0.495 e. The second-order valence-electron chi connectivity index (χ2n) is 6.28. The van der Waals surface area contributed by atoms with Gasteiger partial charge in [0.1, 0.15) is 10.6 Å². The zero-order valence-corrected chi connectivity index (χ0v) is 15.7. The van der Waals surface area contributed by atoms with Crippen molar-refractivity contribution in [1.29, 1.82) is 0 Å². The number of benzene rings is 1. The highest BCUT2D eigenvalue weighted by molar-refractivity contribution is 7.89. The Morgan fingerprint density at radius 3 is 2.54 bits per heavy atom. The van der Waals surface area contributed by atoms with E-state index >= 15 is 0 Å². The predicted octanol–water partition coefficient (Wildman–Crippen LogP) is 1.46. The van der Waals surface area contributed by atoms with Gasteiger partial charge in [0, 0.05) is 31.1 Å². The summed E-state index contributed by atoms with van der Waals surface area (Å²) in [6.45, 7) is 2.61. The van der Waals surface area contributed by atoms with Crippen LogP contribution in [0.1, 0.15) is 43.0 Å². The molecule has 1 fully saturated rings. The normalized spacial score (nSPS) is 16.2. The van der Waals surface area contributed by atoms with Gasteiger partial charge in [0.05, 0.1) is 7.11 Å². The first-order valence-corrected chi connectivity index (χ1v) is 9.90. The maximum absolute atomic E-state index is 12.8. The summed E-state index contributed by atoms with van der Waals surface area (Å²) in [7, 11) is -2.36. The zero-order valence-electron chi connectivity index (χ0n) is 14.9. The van der Waals surface area contributed by atoms with Crippen molar-refractivity contribution in [3.63, 3.8) is 0 Å². The van der Waals surface area contributed by atoms with Crippen molar-refractivity contribution in [2.45, 2.75) is 43.5 Å². The molecule has 1 aromatic carbocycles. The number of ether oxygens (including phenoxy) is 1. The monoisotopic (exact) mass is 384 g/mol. The third kappa shape index (κ3) is 4.73. The van der Waals surface area contributed by atoms with Crippen LogP contribution in [0.5, 0.6) is 5.75 Å². The van der Waals surface area contributed by atoms with Gasteiger partial charge in [-0.25, -0.2) is 8.42 Å². The molecule has 0 aromatic heterocycles. The number of aliphatic carboxylic acids is 1. The van der Waals surface area contributed by atoms with Crippen molar-refractivity contribution in [3.05, 3.63) is 23.8 Å². The van der Waals surface area contributed by atoms with E-state index < -0.39 is 21.9 Å². The molecule has 0 radical (unpaired) electrons. The second kappa shape index (κ2) is 8.50. The molecule has 144 valence electrons. The highest BCUT2D eigenvalue weighted by atomic mass is 32.2. The third-order valence-electron chi connectivity index (χ3n) is 4.28. The standard InChI is InChI=1S/C17H24N2O6S/c1-12(5-8-16(20)21)18-17(22)13-6-7-14(25-2)15(11-13)26(23,24)19-9-3-4-10-19/h6-7,11-12H,3-5,8-10H2,1-2H3,(H,18,22)(H,20,21). The lowest BCUT2D eigenvalue weighted by Gasteiger charge is -2.19. The first kappa shape index (κ1) is 20.2. The van der Waals surface area contributed by atoms with E-state index in [0.717, 1.165) is 12.8 Å². The Kier molecular flexibility index (Phi) is 6.60. The second-order valence-corrected chi connectivity index (χ2v) is 8.19. The number of methoxy groups -OCH3 is 1. The van der Waals surface area contributed by atoms with E-state index in [1.165, 1.54) is 29.6 Å². The van der Waals surface area contributed by atoms with Crippen molar-refractivity contribution in [2.24, 2.45) is 0 Å². The van der Waals surface area contributed by atoms with Crippen molar-refractivity contribution in [3.8, 4) is 5.75 Å². The average molecular weight is 384 g/mol. The molecule has 0 spiro atoms. The minimum absolute atomic E-state index is 0.0345. The van der Waals surface area contributed by atoms with Gasteiger partial charge in [-0.3, -0.25) is 9.59 Å². The van der Waals surface area contributed by atoms with Gasteiger partial charge >= 0.3 is 5.97 Å². The summed E-state index contributed by atoms with van der Waals surface area (Å²) in [5, 5.41) is 11.4. The van der Waals surface area contributed by atoms with Crippen molar-refractivity contribution in [2.75, 3.05) is 20.2 Å². The summed E-state index contributed by atoms with van der Waals surface area (Å²) < 4.78 is 32.2. The lowest BCUT2D eigenvalue weighted by atomic mass is 10.1.